The highest BCUT2D eigenvalue weighted by Crippen LogP contribution is 2.17. The summed E-state index contributed by atoms with van der Waals surface area (Å²) in [6, 6.07) is 7.39. The molecule has 1 N–H and O–H groups in total. The van der Waals surface area contributed by atoms with E-state index in [4.69, 9.17) is 14.6 Å². The number of ether oxygens (including phenoxy) is 2. The number of carboxylic acid groups (broad SMARTS) is 1. The molecule has 6 nitrogen and oxygen atoms in total. The molecule has 0 aliphatic carbocycles. The van der Waals surface area contributed by atoms with Crippen molar-refractivity contribution in [2.24, 2.45) is 5.92 Å². The number of carbonyl (C=O) groups excluding carboxylic acids is 1. The zero-order valence-electron chi connectivity index (χ0n) is 15.0. The van der Waals surface area contributed by atoms with Crippen molar-refractivity contribution < 1.29 is 24.2 Å². The third kappa shape index (κ3) is 7.35. The lowest BCUT2D eigenvalue weighted by atomic mass is 10.1. The van der Waals surface area contributed by atoms with Gasteiger partial charge in [-0.15, -0.1) is 0 Å². The minimum atomic E-state index is -0.879. The first-order valence-electron chi connectivity index (χ1n) is 7.93. The van der Waals surface area contributed by atoms with Crippen molar-refractivity contribution in [3.8, 4) is 5.75 Å². The predicted octanol–water partition coefficient (Wildman–Crippen LogP) is 3.54. The Bertz CT molecular complexity index is 548. The number of hydrogen-bond acceptors (Lipinski definition) is 4. The number of carboxylic acids is 1. The van der Waals surface area contributed by atoms with Crippen LogP contribution in [0, 0.1) is 5.92 Å². The van der Waals surface area contributed by atoms with E-state index in [0.717, 1.165) is 11.3 Å². The molecule has 1 unspecified atom stereocenters. The van der Waals surface area contributed by atoms with Crippen LogP contribution < -0.4 is 4.74 Å². The Balaban J connectivity index is 2.85. The molecule has 1 amide bonds. The Morgan fingerprint density at radius 2 is 1.79 bits per heavy atom. The van der Waals surface area contributed by atoms with Gasteiger partial charge in [0.25, 0.3) is 0 Å². The lowest BCUT2D eigenvalue weighted by Gasteiger charge is -2.29. The van der Waals surface area contributed by atoms with E-state index in [9.17, 15) is 9.59 Å². The Morgan fingerprint density at radius 3 is 2.25 bits per heavy atom. The standard InChI is InChI=1S/C18H27NO5/c1-13(10-16(20)21)11-19(17(22)24-18(2,3)4)12-14-6-8-15(23-5)9-7-14/h6-9,13H,10-12H2,1-5H3,(H,20,21). The Labute approximate surface area is 143 Å². The van der Waals surface area contributed by atoms with Crippen LogP contribution in [0.5, 0.6) is 5.75 Å². The maximum Gasteiger partial charge on any atom is 0.410 e. The third-order valence-corrected chi connectivity index (χ3v) is 3.24. The van der Waals surface area contributed by atoms with E-state index in [2.05, 4.69) is 0 Å². The van der Waals surface area contributed by atoms with Crippen LogP contribution in [0.4, 0.5) is 4.79 Å². The van der Waals surface area contributed by atoms with Gasteiger partial charge in [-0.2, -0.15) is 0 Å². The summed E-state index contributed by atoms with van der Waals surface area (Å²) < 4.78 is 10.6. The Kier molecular flexibility index (Phi) is 7.07. The highest BCUT2D eigenvalue weighted by atomic mass is 16.6. The van der Waals surface area contributed by atoms with Gasteiger partial charge in [0.2, 0.25) is 0 Å². The van der Waals surface area contributed by atoms with Crippen LogP contribution in [0.25, 0.3) is 0 Å². The highest BCUT2D eigenvalue weighted by Gasteiger charge is 2.24. The second-order valence-electron chi connectivity index (χ2n) is 6.91. The number of hydrogen-bond donors (Lipinski definition) is 1. The number of aliphatic carboxylic acids is 1. The van der Waals surface area contributed by atoms with Crippen LogP contribution in [0.1, 0.15) is 39.7 Å². The fourth-order valence-electron chi connectivity index (χ4n) is 2.22. The zero-order chi connectivity index (χ0) is 18.3. The lowest BCUT2D eigenvalue weighted by molar-refractivity contribution is -0.138. The van der Waals surface area contributed by atoms with E-state index in [1.165, 1.54) is 0 Å². The van der Waals surface area contributed by atoms with Crippen LogP contribution in [0.15, 0.2) is 24.3 Å². The molecule has 0 spiro atoms. The average molecular weight is 337 g/mol. The normalized spacial score (nSPS) is 12.4. The van der Waals surface area contributed by atoms with E-state index < -0.39 is 17.7 Å². The topological polar surface area (TPSA) is 76.1 Å². The number of nitrogens with zero attached hydrogens (tertiary/aromatic N) is 1. The van der Waals surface area contributed by atoms with Gasteiger partial charge in [0.1, 0.15) is 11.4 Å². The molecule has 6 heteroatoms. The van der Waals surface area contributed by atoms with Gasteiger partial charge in [-0.25, -0.2) is 4.79 Å². The molecule has 1 atom stereocenters. The van der Waals surface area contributed by atoms with Gasteiger partial charge >= 0.3 is 12.1 Å². The van der Waals surface area contributed by atoms with Gasteiger partial charge in [0, 0.05) is 19.5 Å². The predicted molar refractivity (Wildman–Crippen MR) is 91.1 cm³/mol. The molecular weight excluding hydrogens is 310 g/mol. The van der Waals surface area contributed by atoms with Crippen molar-refractivity contribution >= 4 is 12.1 Å². The molecule has 0 saturated carbocycles. The maximum absolute atomic E-state index is 12.4. The SMILES string of the molecule is COc1ccc(CN(CC(C)CC(=O)O)C(=O)OC(C)(C)C)cc1. The first kappa shape index (κ1) is 19.8. The van der Waals surface area contributed by atoms with E-state index in [-0.39, 0.29) is 12.3 Å². The molecule has 0 fully saturated rings. The second kappa shape index (κ2) is 8.57. The number of amides is 1. The summed E-state index contributed by atoms with van der Waals surface area (Å²) in [5, 5.41) is 8.92. The van der Waals surface area contributed by atoms with Crippen molar-refractivity contribution in [2.75, 3.05) is 13.7 Å². The molecule has 0 radical (unpaired) electrons. The molecular formula is C18H27NO5. The molecule has 0 bridgehead atoms. The Hall–Kier alpha value is -2.24. The maximum atomic E-state index is 12.4. The summed E-state index contributed by atoms with van der Waals surface area (Å²) in [5.74, 6) is -0.314. The molecule has 0 heterocycles. The largest absolute Gasteiger partial charge is 0.497 e. The minimum absolute atomic E-state index is 0.00190. The summed E-state index contributed by atoms with van der Waals surface area (Å²) in [6.07, 6.45) is -0.447. The monoisotopic (exact) mass is 337 g/mol. The summed E-state index contributed by atoms with van der Waals surface area (Å²) in [5.41, 5.74) is 0.315. The number of rotatable bonds is 7. The molecule has 0 aromatic heterocycles. The Morgan fingerprint density at radius 1 is 1.21 bits per heavy atom. The van der Waals surface area contributed by atoms with Gasteiger partial charge in [0.05, 0.1) is 7.11 Å². The van der Waals surface area contributed by atoms with Crippen molar-refractivity contribution in [3.05, 3.63) is 29.8 Å². The van der Waals surface area contributed by atoms with Crippen molar-refractivity contribution in [1.29, 1.82) is 0 Å². The summed E-state index contributed by atoms with van der Waals surface area (Å²) in [7, 11) is 1.59. The minimum Gasteiger partial charge on any atom is -0.497 e. The molecule has 0 aliphatic heterocycles. The smallest absolute Gasteiger partial charge is 0.410 e. The fourth-order valence-corrected chi connectivity index (χ4v) is 2.22. The van der Waals surface area contributed by atoms with E-state index in [1.807, 2.05) is 24.3 Å². The van der Waals surface area contributed by atoms with Crippen LogP contribution in [0.3, 0.4) is 0 Å². The molecule has 1 rings (SSSR count). The lowest BCUT2D eigenvalue weighted by Crippen LogP contribution is -2.39. The molecule has 1 aromatic carbocycles. The molecule has 24 heavy (non-hydrogen) atoms. The average Bonchev–Trinajstić information content (AvgIpc) is 2.44. The molecule has 0 saturated heterocycles. The van der Waals surface area contributed by atoms with Gasteiger partial charge in [-0.05, 0) is 44.4 Å². The van der Waals surface area contributed by atoms with Gasteiger partial charge in [-0.1, -0.05) is 19.1 Å². The number of methoxy groups -OCH3 is 1. The van der Waals surface area contributed by atoms with Crippen LogP contribution in [-0.4, -0.2) is 41.3 Å². The van der Waals surface area contributed by atoms with Crippen molar-refractivity contribution in [1.82, 2.24) is 4.90 Å². The van der Waals surface area contributed by atoms with E-state index >= 15 is 0 Å². The van der Waals surface area contributed by atoms with Gasteiger partial charge in [-0.3, -0.25) is 4.79 Å². The molecule has 134 valence electrons. The van der Waals surface area contributed by atoms with Gasteiger partial charge in [0.15, 0.2) is 0 Å². The second-order valence-corrected chi connectivity index (χ2v) is 6.91. The van der Waals surface area contributed by atoms with Crippen LogP contribution in [-0.2, 0) is 16.1 Å². The quantitative estimate of drug-likeness (QED) is 0.823. The third-order valence-electron chi connectivity index (χ3n) is 3.24. The fraction of sp³-hybridized carbons (Fsp3) is 0.556. The molecule has 1 aromatic rings. The zero-order valence-corrected chi connectivity index (χ0v) is 15.0. The summed E-state index contributed by atoms with van der Waals surface area (Å²) >= 11 is 0. The molecule has 0 aliphatic rings. The summed E-state index contributed by atoms with van der Waals surface area (Å²) in [4.78, 5) is 24.9. The van der Waals surface area contributed by atoms with E-state index in [1.54, 1.807) is 39.7 Å². The first-order chi connectivity index (χ1) is 11.1. The van der Waals surface area contributed by atoms with Crippen LogP contribution in [0.2, 0.25) is 0 Å². The van der Waals surface area contributed by atoms with Gasteiger partial charge < -0.3 is 19.5 Å². The van der Waals surface area contributed by atoms with Crippen LogP contribution >= 0.6 is 0 Å². The number of carbonyl (C=O) groups is 2. The van der Waals surface area contributed by atoms with E-state index in [0.29, 0.717) is 13.1 Å². The summed E-state index contributed by atoms with van der Waals surface area (Å²) in [6.45, 7) is 7.88. The van der Waals surface area contributed by atoms with Crippen molar-refractivity contribution in [3.63, 3.8) is 0 Å². The first-order valence-corrected chi connectivity index (χ1v) is 7.93. The van der Waals surface area contributed by atoms with Crippen molar-refractivity contribution in [2.45, 2.75) is 46.3 Å². The highest BCUT2D eigenvalue weighted by molar-refractivity contribution is 5.69. The number of benzene rings is 1.